The van der Waals surface area contributed by atoms with Crippen LogP contribution >= 0.6 is 24.8 Å². The molecule has 0 unspecified atom stereocenters. The number of aromatic nitrogens is 2. The molecule has 0 aliphatic carbocycles. The van der Waals surface area contributed by atoms with E-state index in [-0.39, 0.29) is 24.8 Å². The zero-order valence-corrected chi connectivity index (χ0v) is 34.8. The zero-order chi connectivity index (χ0) is 37.2. The largest absolute Gasteiger partial charge is 0.384 e. The molecule has 6 N–H and O–H groups in total. The lowest BCUT2D eigenvalue weighted by Crippen LogP contribution is -2.31. The molecule has 8 nitrogen and oxygen atoms in total. The molecule has 0 fully saturated rings. The third-order valence-corrected chi connectivity index (χ3v) is 10.6. The van der Waals surface area contributed by atoms with E-state index in [0.717, 1.165) is 113 Å². The van der Waals surface area contributed by atoms with Gasteiger partial charge in [0.2, 0.25) is 0 Å². The smallest absolute Gasteiger partial charge is 0.0730 e. The molecular weight excluding hydrogens is 735 g/mol. The van der Waals surface area contributed by atoms with Gasteiger partial charge < -0.3 is 31.9 Å². The number of nitrogens with zero attached hydrogens (tertiary/aromatic N) is 4. The SMILES string of the molecule is Cl.Cl.NCCCN(CCCCCNc1c2ccccc2nc2ccccc12)CCCCN(CCCN)CCCCCNc1c2ccccc2nc2ccccc12. The van der Waals surface area contributed by atoms with Crippen LogP contribution in [0.25, 0.3) is 43.6 Å². The van der Waals surface area contributed by atoms with Crippen LogP contribution in [0.5, 0.6) is 0 Å². The van der Waals surface area contributed by atoms with Gasteiger partial charge in [-0.2, -0.15) is 0 Å². The number of unbranched alkanes of at least 4 members (excludes halogenated alkanes) is 5. The molecular formula is C46H64Cl2N8. The molecule has 0 amide bonds. The van der Waals surface area contributed by atoms with Crippen LogP contribution in [-0.4, -0.2) is 85.2 Å². The maximum absolute atomic E-state index is 5.93. The third kappa shape index (κ3) is 12.9. The number of benzene rings is 4. The molecule has 0 radical (unpaired) electrons. The van der Waals surface area contributed by atoms with E-state index in [2.05, 4.69) is 117 Å². The number of pyridine rings is 2. The predicted molar refractivity (Wildman–Crippen MR) is 247 cm³/mol. The van der Waals surface area contributed by atoms with Crippen molar-refractivity contribution in [2.45, 2.75) is 64.2 Å². The van der Waals surface area contributed by atoms with Gasteiger partial charge in [0.05, 0.1) is 33.4 Å². The summed E-state index contributed by atoms with van der Waals surface area (Å²) >= 11 is 0. The van der Waals surface area contributed by atoms with Gasteiger partial charge in [0, 0.05) is 34.6 Å². The Morgan fingerprint density at radius 1 is 0.375 bits per heavy atom. The minimum Gasteiger partial charge on any atom is -0.384 e. The zero-order valence-electron chi connectivity index (χ0n) is 33.1. The molecule has 10 heteroatoms. The first-order valence-electron chi connectivity index (χ1n) is 20.6. The molecule has 0 atom stereocenters. The van der Waals surface area contributed by atoms with Crippen LogP contribution in [0.4, 0.5) is 11.4 Å². The highest BCUT2D eigenvalue weighted by atomic mass is 35.5. The fraction of sp³-hybridized carbons (Fsp3) is 0.435. The number of anilines is 2. The maximum Gasteiger partial charge on any atom is 0.0730 e. The lowest BCUT2D eigenvalue weighted by Gasteiger charge is -2.25. The average molecular weight is 800 g/mol. The van der Waals surface area contributed by atoms with Crippen molar-refractivity contribution in [2.24, 2.45) is 11.5 Å². The Balaban J connectivity index is 0.00000348. The van der Waals surface area contributed by atoms with Crippen LogP contribution in [0, 0.1) is 0 Å². The van der Waals surface area contributed by atoms with Gasteiger partial charge in [-0.1, -0.05) is 85.6 Å². The molecule has 56 heavy (non-hydrogen) atoms. The number of halogens is 2. The summed E-state index contributed by atoms with van der Waals surface area (Å²) in [6, 6.07) is 33.8. The average Bonchev–Trinajstić information content (AvgIpc) is 3.21. The van der Waals surface area contributed by atoms with Gasteiger partial charge in [0.1, 0.15) is 0 Å². The summed E-state index contributed by atoms with van der Waals surface area (Å²) in [5, 5.41) is 12.3. The third-order valence-electron chi connectivity index (χ3n) is 10.6. The minimum atomic E-state index is 0. The van der Waals surface area contributed by atoms with E-state index < -0.39 is 0 Å². The van der Waals surface area contributed by atoms with Crippen molar-refractivity contribution in [2.75, 3.05) is 76.1 Å². The van der Waals surface area contributed by atoms with E-state index >= 15 is 0 Å². The second-order valence-electron chi connectivity index (χ2n) is 14.7. The van der Waals surface area contributed by atoms with Crippen LogP contribution < -0.4 is 22.1 Å². The summed E-state index contributed by atoms with van der Waals surface area (Å²) in [6.07, 6.45) is 11.7. The summed E-state index contributed by atoms with van der Waals surface area (Å²) in [6.45, 7) is 10.3. The molecule has 0 aliphatic rings. The maximum atomic E-state index is 5.93. The summed E-state index contributed by atoms with van der Waals surface area (Å²) in [4.78, 5) is 15.0. The lowest BCUT2D eigenvalue weighted by atomic mass is 10.1. The molecule has 2 heterocycles. The van der Waals surface area contributed by atoms with Crippen molar-refractivity contribution in [1.29, 1.82) is 0 Å². The first kappa shape index (κ1) is 44.9. The van der Waals surface area contributed by atoms with Crippen molar-refractivity contribution in [3.63, 3.8) is 0 Å². The van der Waals surface area contributed by atoms with Gasteiger partial charge in [-0.25, -0.2) is 9.97 Å². The van der Waals surface area contributed by atoms with Crippen molar-refractivity contribution < 1.29 is 0 Å². The van der Waals surface area contributed by atoms with E-state index in [0.29, 0.717) is 0 Å². The van der Waals surface area contributed by atoms with E-state index in [1.807, 2.05) is 0 Å². The monoisotopic (exact) mass is 798 g/mol. The van der Waals surface area contributed by atoms with Gasteiger partial charge in [0.25, 0.3) is 0 Å². The lowest BCUT2D eigenvalue weighted by molar-refractivity contribution is 0.234. The van der Waals surface area contributed by atoms with E-state index in [1.54, 1.807) is 0 Å². The Morgan fingerprint density at radius 2 is 0.661 bits per heavy atom. The Labute approximate surface area is 347 Å². The van der Waals surface area contributed by atoms with Crippen LogP contribution in [0.3, 0.4) is 0 Å². The normalized spacial score (nSPS) is 11.4. The van der Waals surface area contributed by atoms with Crippen molar-refractivity contribution in [3.8, 4) is 0 Å². The molecule has 4 aromatic carbocycles. The molecule has 302 valence electrons. The molecule has 0 saturated carbocycles. The fourth-order valence-corrected chi connectivity index (χ4v) is 7.73. The predicted octanol–water partition coefficient (Wildman–Crippen LogP) is 9.88. The molecule has 6 rings (SSSR count). The van der Waals surface area contributed by atoms with Gasteiger partial charge in [-0.05, 0) is 128 Å². The molecule has 0 aliphatic heterocycles. The van der Waals surface area contributed by atoms with Gasteiger partial charge >= 0.3 is 0 Å². The number of para-hydroxylation sites is 4. The molecule has 0 saturated heterocycles. The van der Waals surface area contributed by atoms with Crippen molar-refractivity contribution in [3.05, 3.63) is 97.1 Å². The summed E-state index contributed by atoms with van der Waals surface area (Å²) < 4.78 is 0. The number of nitrogens with one attached hydrogen (secondary N) is 2. The Hall–Kier alpha value is -3.76. The standard InChI is InChI=1S/C46H62N8.2ClH/c47-27-17-35-53(31-13-1-11-29-49-45-37-19-3-7-23-41(37)51-42-24-8-4-20-38(42)45)33-15-16-34-54(36-18-28-48)32-14-2-12-30-50-46-39-21-5-9-25-43(39)52-44-26-10-6-22-40(44)46;;/h3-10,19-26H,1-2,11-18,27-36,47-48H2,(H,49,51)(H,50,52);2*1H. The van der Waals surface area contributed by atoms with Gasteiger partial charge in [0.15, 0.2) is 0 Å². The number of rotatable bonds is 25. The topological polar surface area (TPSA) is 108 Å². The summed E-state index contributed by atoms with van der Waals surface area (Å²) in [5.41, 5.74) is 18.5. The quantitative estimate of drug-likeness (QED) is 0.0335. The Kier molecular flexibility index (Phi) is 19.9. The van der Waals surface area contributed by atoms with Crippen molar-refractivity contribution >= 4 is 79.8 Å². The highest BCUT2D eigenvalue weighted by Gasteiger charge is 2.11. The number of fused-ring (bicyclic) bond motifs is 4. The van der Waals surface area contributed by atoms with E-state index in [1.165, 1.54) is 71.4 Å². The summed E-state index contributed by atoms with van der Waals surface area (Å²) in [5.74, 6) is 0. The van der Waals surface area contributed by atoms with Crippen molar-refractivity contribution in [1.82, 2.24) is 19.8 Å². The van der Waals surface area contributed by atoms with Crippen LogP contribution in [-0.2, 0) is 0 Å². The second kappa shape index (κ2) is 24.8. The molecule has 0 bridgehead atoms. The van der Waals surface area contributed by atoms with Crippen LogP contribution in [0.15, 0.2) is 97.1 Å². The summed E-state index contributed by atoms with van der Waals surface area (Å²) in [7, 11) is 0. The van der Waals surface area contributed by atoms with Gasteiger partial charge in [-0.15, -0.1) is 24.8 Å². The van der Waals surface area contributed by atoms with E-state index in [9.17, 15) is 0 Å². The molecule has 6 aromatic rings. The highest BCUT2D eigenvalue weighted by Crippen LogP contribution is 2.32. The number of hydrogen-bond donors (Lipinski definition) is 4. The highest BCUT2D eigenvalue weighted by molar-refractivity contribution is 6.08. The number of hydrogen-bond acceptors (Lipinski definition) is 8. The fourth-order valence-electron chi connectivity index (χ4n) is 7.73. The second-order valence-corrected chi connectivity index (χ2v) is 14.7. The first-order valence-corrected chi connectivity index (χ1v) is 20.6. The Morgan fingerprint density at radius 3 is 0.982 bits per heavy atom. The number of nitrogens with two attached hydrogens (primary N) is 2. The van der Waals surface area contributed by atoms with Gasteiger partial charge in [-0.3, -0.25) is 0 Å². The molecule has 2 aromatic heterocycles. The van der Waals surface area contributed by atoms with Crippen LogP contribution in [0.1, 0.15) is 64.2 Å². The Bertz CT molecular complexity index is 1770. The minimum absolute atomic E-state index is 0. The van der Waals surface area contributed by atoms with Crippen LogP contribution in [0.2, 0.25) is 0 Å². The van der Waals surface area contributed by atoms with E-state index in [4.69, 9.17) is 21.4 Å². The first-order chi connectivity index (χ1) is 26.7. The molecule has 0 spiro atoms.